The van der Waals surface area contributed by atoms with E-state index in [1.807, 2.05) is 0 Å². The number of aliphatic hydroxyl groups excluding tert-OH is 1. The first kappa shape index (κ1) is 16.4. The molecule has 0 radical (unpaired) electrons. The van der Waals surface area contributed by atoms with Gasteiger partial charge in [-0.3, -0.25) is 14.4 Å². The van der Waals surface area contributed by atoms with Crippen molar-refractivity contribution in [2.24, 2.45) is 0 Å². The summed E-state index contributed by atoms with van der Waals surface area (Å²) < 4.78 is 19.8. The Morgan fingerprint density at radius 1 is 1.20 bits per heavy atom. The third-order valence-electron chi connectivity index (χ3n) is 2.60. The Balaban J connectivity index is 2.64. The topological polar surface area (TPSA) is 108 Å². The number of hydrogen-bond acceptors (Lipinski definition) is 8. The highest BCUT2D eigenvalue weighted by Crippen LogP contribution is 2.26. The molecule has 8 nitrogen and oxygen atoms in total. The molecule has 0 bridgehead atoms. The van der Waals surface area contributed by atoms with Crippen LogP contribution >= 0.6 is 0 Å². The molecule has 0 unspecified atom stereocenters. The van der Waals surface area contributed by atoms with Gasteiger partial charge >= 0.3 is 17.9 Å². The summed E-state index contributed by atoms with van der Waals surface area (Å²) >= 11 is 0. The second-order valence-corrected chi connectivity index (χ2v) is 4.40. The summed E-state index contributed by atoms with van der Waals surface area (Å²) in [7, 11) is 0. The summed E-state index contributed by atoms with van der Waals surface area (Å²) in [4.78, 5) is 32.7. The first-order chi connectivity index (χ1) is 9.29. The van der Waals surface area contributed by atoms with Gasteiger partial charge in [-0.05, 0) is 0 Å². The van der Waals surface area contributed by atoms with Crippen molar-refractivity contribution >= 4 is 17.9 Å². The Bertz CT molecular complexity index is 380. The molecule has 0 aliphatic carbocycles. The quantitative estimate of drug-likeness (QED) is 0.534. The molecule has 1 saturated heterocycles. The van der Waals surface area contributed by atoms with Crippen molar-refractivity contribution in [2.45, 2.75) is 51.8 Å². The summed E-state index contributed by atoms with van der Waals surface area (Å²) in [6, 6.07) is 0. The third-order valence-corrected chi connectivity index (χ3v) is 2.60. The minimum Gasteiger partial charge on any atom is -0.462 e. The van der Waals surface area contributed by atoms with Crippen LogP contribution in [-0.2, 0) is 33.3 Å². The molecule has 4 atom stereocenters. The van der Waals surface area contributed by atoms with E-state index in [1.165, 1.54) is 20.8 Å². The van der Waals surface area contributed by atoms with E-state index >= 15 is 0 Å². The van der Waals surface area contributed by atoms with E-state index in [2.05, 4.69) is 0 Å². The van der Waals surface area contributed by atoms with E-state index in [-0.39, 0.29) is 13.0 Å². The standard InChI is InChI=1S/C12H18O8/c1-6(13)17-5-11(19-8(3)15)9-4-10(12(16)20-9)18-7(2)14/h9-12,16H,4-5H2,1-3H3/t9-,10+,11-,12+/m0/s1. The van der Waals surface area contributed by atoms with E-state index in [1.54, 1.807) is 0 Å². The van der Waals surface area contributed by atoms with Crippen molar-refractivity contribution in [3.8, 4) is 0 Å². The summed E-state index contributed by atoms with van der Waals surface area (Å²) in [6.07, 6.45) is -3.60. The van der Waals surface area contributed by atoms with Crippen LogP contribution in [0.2, 0.25) is 0 Å². The smallest absolute Gasteiger partial charge is 0.303 e. The molecule has 1 rings (SSSR count). The molecular weight excluding hydrogens is 272 g/mol. The van der Waals surface area contributed by atoms with Crippen LogP contribution in [-0.4, -0.2) is 54.2 Å². The molecule has 0 spiro atoms. The van der Waals surface area contributed by atoms with Gasteiger partial charge in [-0.15, -0.1) is 0 Å². The lowest BCUT2D eigenvalue weighted by molar-refractivity contribution is -0.183. The summed E-state index contributed by atoms with van der Waals surface area (Å²) in [5.41, 5.74) is 0. The number of carbonyl (C=O) groups excluding carboxylic acids is 3. The van der Waals surface area contributed by atoms with Crippen molar-refractivity contribution in [3.05, 3.63) is 0 Å². The van der Waals surface area contributed by atoms with Crippen LogP contribution < -0.4 is 0 Å². The van der Waals surface area contributed by atoms with Gasteiger partial charge in [0.05, 0.1) is 0 Å². The van der Waals surface area contributed by atoms with Gasteiger partial charge in [0.1, 0.15) is 12.7 Å². The van der Waals surface area contributed by atoms with Crippen molar-refractivity contribution in [1.82, 2.24) is 0 Å². The maximum atomic E-state index is 11.0. The Morgan fingerprint density at radius 2 is 1.85 bits per heavy atom. The first-order valence-corrected chi connectivity index (χ1v) is 6.11. The van der Waals surface area contributed by atoms with Crippen LogP contribution in [0.1, 0.15) is 27.2 Å². The average molecular weight is 290 g/mol. The van der Waals surface area contributed by atoms with Crippen LogP contribution in [0.4, 0.5) is 0 Å². The van der Waals surface area contributed by atoms with Gasteiger partial charge < -0.3 is 24.1 Å². The molecule has 1 aliphatic heterocycles. The molecule has 0 saturated carbocycles. The number of hydrogen-bond donors (Lipinski definition) is 1. The zero-order valence-corrected chi connectivity index (χ0v) is 11.5. The lowest BCUT2D eigenvalue weighted by Crippen LogP contribution is -2.35. The molecule has 1 fully saturated rings. The molecule has 0 aromatic heterocycles. The lowest BCUT2D eigenvalue weighted by atomic mass is 10.1. The number of aliphatic hydroxyl groups is 1. The third kappa shape index (κ3) is 5.14. The van der Waals surface area contributed by atoms with E-state index in [0.717, 1.165) is 0 Å². The van der Waals surface area contributed by atoms with Gasteiger partial charge in [0.25, 0.3) is 0 Å². The van der Waals surface area contributed by atoms with E-state index in [4.69, 9.17) is 18.9 Å². The van der Waals surface area contributed by atoms with Crippen LogP contribution in [0.5, 0.6) is 0 Å². The predicted molar refractivity (Wildman–Crippen MR) is 63.2 cm³/mol. The fraction of sp³-hybridized carbons (Fsp3) is 0.750. The minimum atomic E-state index is -1.31. The molecule has 1 aliphatic rings. The Hall–Kier alpha value is -1.67. The molecule has 1 N–H and O–H groups in total. The van der Waals surface area contributed by atoms with E-state index < -0.39 is 42.5 Å². The van der Waals surface area contributed by atoms with Crippen molar-refractivity contribution in [3.63, 3.8) is 0 Å². The minimum absolute atomic E-state index is 0.139. The van der Waals surface area contributed by atoms with Gasteiger partial charge in [0, 0.05) is 27.2 Å². The molecular formula is C12H18O8. The highest BCUT2D eigenvalue weighted by atomic mass is 16.7. The maximum absolute atomic E-state index is 11.0. The molecule has 20 heavy (non-hydrogen) atoms. The average Bonchev–Trinajstić information content (AvgIpc) is 2.64. The van der Waals surface area contributed by atoms with Gasteiger partial charge in [0.2, 0.25) is 0 Å². The molecule has 114 valence electrons. The molecule has 0 aromatic carbocycles. The van der Waals surface area contributed by atoms with Crippen LogP contribution in [0, 0.1) is 0 Å². The number of carbonyl (C=O) groups is 3. The SMILES string of the molecule is CC(=O)OC[C@H](OC(C)=O)[C@@H]1C[C@@H](OC(C)=O)[C@H](O)O1. The maximum Gasteiger partial charge on any atom is 0.303 e. The van der Waals surface area contributed by atoms with Crippen molar-refractivity contribution < 1.29 is 38.4 Å². The van der Waals surface area contributed by atoms with E-state index in [9.17, 15) is 19.5 Å². The lowest BCUT2D eigenvalue weighted by Gasteiger charge is -2.21. The summed E-state index contributed by atoms with van der Waals surface area (Å²) in [5.74, 6) is -1.66. The van der Waals surface area contributed by atoms with Crippen LogP contribution in [0.25, 0.3) is 0 Å². The zero-order valence-electron chi connectivity index (χ0n) is 11.5. The second-order valence-electron chi connectivity index (χ2n) is 4.40. The predicted octanol–water partition coefficient (Wildman–Crippen LogP) is -0.480. The van der Waals surface area contributed by atoms with Gasteiger partial charge in [-0.2, -0.15) is 0 Å². The highest BCUT2D eigenvalue weighted by Gasteiger charge is 2.42. The van der Waals surface area contributed by atoms with Gasteiger partial charge in [0.15, 0.2) is 18.5 Å². The normalized spacial score (nSPS) is 26.7. The molecule has 8 heteroatoms. The molecule has 0 amide bonds. The van der Waals surface area contributed by atoms with Crippen molar-refractivity contribution in [1.29, 1.82) is 0 Å². The monoisotopic (exact) mass is 290 g/mol. The summed E-state index contributed by atoms with van der Waals surface area (Å²) in [6.45, 7) is 3.44. The highest BCUT2D eigenvalue weighted by molar-refractivity contribution is 5.67. The van der Waals surface area contributed by atoms with Crippen molar-refractivity contribution in [2.75, 3.05) is 6.61 Å². The Morgan fingerprint density at radius 3 is 2.35 bits per heavy atom. The number of rotatable bonds is 5. The summed E-state index contributed by atoms with van der Waals surface area (Å²) in [5, 5.41) is 9.62. The van der Waals surface area contributed by atoms with Gasteiger partial charge in [-0.25, -0.2) is 0 Å². The molecule has 1 heterocycles. The number of ether oxygens (including phenoxy) is 4. The fourth-order valence-electron chi connectivity index (χ4n) is 1.86. The Kier molecular flexibility index (Phi) is 5.90. The van der Waals surface area contributed by atoms with Crippen LogP contribution in [0.15, 0.2) is 0 Å². The molecule has 0 aromatic rings. The second kappa shape index (κ2) is 7.20. The fourth-order valence-corrected chi connectivity index (χ4v) is 1.86. The Labute approximate surface area is 115 Å². The number of esters is 3. The largest absolute Gasteiger partial charge is 0.462 e. The van der Waals surface area contributed by atoms with Gasteiger partial charge in [-0.1, -0.05) is 0 Å². The van der Waals surface area contributed by atoms with E-state index in [0.29, 0.717) is 0 Å². The zero-order chi connectivity index (χ0) is 15.3. The van der Waals surface area contributed by atoms with Crippen LogP contribution in [0.3, 0.4) is 0 Å². The first-order valence-electron chi connectivity index (χ1n) is 6.11.